The van der Waals surface area contributed by atoms with Crippen molar-refractivity contribution in [1.82, 2.24) is 5.43 Å². The van der Waals surface area contributed by atoms with Gasteiger partial charge in [0.2, 0.25) is 5.91 Å². The normalized spacial score (nSPS) is 11.3. The van der Waals surface area contributed by atoms with Crippen LogP contribution >= 0.6 is 11.6 Å². The number of rotatable bonds is 7. The van der Waals surface area contributed by atoms with Gasteiger partial charge >= 0.3 is 0 Å². The molecule has 0 radical (unpaired) electrons. The van der Waals surface area contributed by atoms with Crippen molar-refractivity contribution in [3.8, 4) is 5.75 Å². The van der Waals surface area contributed by atoms with Gasteiger partial charge in [0.1, 0.15) is 5.75 Å². The Morgan fingerprint density at radius 2 is 1.68 bits per heavy atom. The Kier molecular flexibility index (Phi) is 6.48. The molecule has 31 heavy (non-hydrogen) atoms. The Morgan fingerprint density at radius 1 is 1.00 bits per heavy atom. The van der Waals surface area contributed by atoms with Crippen LogP contribution in [-0.2, 0) is 4.79 Å². The van der Waals surface area contributed by atoms with Gasteiger partial charge in [0.25, 0.3) is 0 Å². The molecule has 0 heterocycles. The summed E-state index contributed by atoms with van der Waals surface area (Å²) in [6.07, 6.45) is 2.66. The fourth-order valence-electron chi connectivity index (χ4n) is 3.60. The zero-order valence-electron chi connectivity index (χ0n) is 17.3. The number of carbonyl (C=O) groups excluding carboxylic acids is 1. The standard InChI is InChI=1S/C26H23ClN2O2/c1-18-15-21(27)12-13-25(18)31-14-6-11-26(30)29-28-17-24-22-9-4-2-7-19(22)16-20-8-3-5-10-23(20)24/h2-5,7-10,12-13,15-17H,6,11,14H2,1H3,(H,29,30). The number of ether oxygens (including phenoxy) is 1. The average Bonchev–Trinajstić information content (AvgIpc) is 2.77. The summed E-state index contributed by atoms with van der Waals surface area (Å²) in [6.45, 7) is 2.40. The number of fused-ring (bicyclic) bond motifs is 2. The Hall–Kier alpha value is -3.37. The molecule has 0 aromatic heterocycles. The number of hydrogen-bond donors (Lipinski definition) is 1. The van der Waals surface area contributed by atoms with E-state index in [-0.39, 0.29) is 5.91 Å². The molecule has 0 unspecified atom stereocenters. The van der Waals surface area contributed by atoms with E-state index in [1.807, 2.05) is 43.3 Å². The first-order valence-corrected chi connectivity index (χ1v) is 10.6. The molecule has 5 heteroatoms. The van der Waals surface area contributed by atoms with Gasteiger partial charge in [0.05, 0.1) is 12.8 Å². The van der Waals surface area contributed by atoms with Crippen LogP contribution in [0.15, 0.2) is 77.9 Å². The SMILES string of the molecule is Cc1cc(Cl)ccc1OCCCC(=O)NN=Cc1c2ccccc2cc2ccccc12. The van der Waals surface area contributed by atoms with Crippen molar-refractivity contribution >= 4 is 45.3 Å². The van der Waals surface area contributed by atoms with Crippen LogP contribution < -0.4 is 10.2 Å². The molecule has 0 atom stereocenters. The van der Waals surface area contributed by atoms with Crippen molar-refractivity contribution in [2.45, 2.75) is 19.8 Å². The first-order chi connectivity index (χ1) is 15.1. The van der Waals surface area contributed by atoms with Crippen molar-refractivity contribution in [2.24, 2.45) is 5.10 Å². The molecule has 4 aromatic rings. The van der Waals surface area contributed by atoms with Crippen LogP contribution in [-0.4, -0.2) is 18.7 Å². The Bertz CT molecular complexity index is 1210. The van der Waals surface area contributed by atoms with Gasteiger partial charge in [-0.2, -0.15) is 5.10 Å². The molecule has 0 aliphatic carbocycles. The number of hydrogen-bond acceptors (Lipinski definition) is 3. The summed E-state index contributed by atoms with van der Waals surface area (Å²) in [5.74, 6) is 0.642. The molecule has 0 aliphatic rings. The van der Waals surface area contributed by atoms with E-state index in [0.717, 1.165) is 38.4 Å². The minimum atomic E-state index is -0.141. The molecule has 0 fully saturated rings. The van der Waals surface area contributed by atoms with Gasteiger partial charge in [-0.25, -0.2) is 5.43 Å². The van der Waals surface area contributed by atoms with E-state index >= 15 is 0 Å². The summed E-state index contributed by atoms with van der Waals surface area (Å²) in [6, 6.07) is 24.0. The number of halogens is 1. The van der Waals surface area contributed by atoms with Crippen molar-refractivity contribution in [1.29, 1.82) is 0 Å². The van der Waals surface area contributed by atoms with E-state index < -0.39 is 0 Å². The van der Waals surface area contributed by atoms with Crippen molar-refractivity contribution in [3.63, 3.8) is 0 Å². The summed E-state index contributed by atoms with van der Waals surface area (Å²) in [5.41, 5.74) is 4.61. The van der Waals surface area contributed by atoms with Crippen LogP contribution in [0.1, 0.15) is 24.0 Å². The third kappa shape index (κ3) is 5.04. The smallest absolute Gasteiger partial charge is 0.240 e. The van der Waals surface area contributed by atoms with E-state index in [1.165, 1.54) is 0 Å². The maximum absolute atomic E-state index is 12.2. The fourth-order valence-corrected chi connectivity index (χ4v) is 3.83. The molecule has 4 rings (SSSR count). The predicted molar refractivity (Wildman–Crippen MR) is 128 cm³/mol. The zero-order chi connectivity index (χ0) is 21.6. The molecule has 4 aromatic carbocycles. The molecule has 1 amide bonds. The topological polar surface area (TPSA) is 50.7 Å². The predicted octanol–water partition coefficient (Wildman–Crippen LogP) is 6.26. The maximum atomic E-state index is 12.2. The summed E-state index contributed by atoms with van der Waals surface area (Å²) in [4.78, 5) is 12.2. The number of carbonyl (C=O) groups is 1. The molecular formula is C26H23ClN2O2. The maximum Gasteiger partial charge on any atom is 0.240 e. The first kappa shape index (κ1) is 20.9. The molecule has 0 aliphatic heterocycles. The van der Waals surface area contributed by atoms with Gasteiger partial charge < -0.3 is 4.74 Å². The second kappa shape index (κ2) is 9.63. The Labute approximate surface area is 186 Å². The van der Waals surface area contributed by atoms with E-state index in [0.29, 0.717) is 24.5 Å². The number of benzene rings is 4. The quantitative estimate of drug-likeness (QED) is 0.163. The van der Waals surface area contributed by atoms with Gasteiger partial charge in [-0.1, -0.05) is 60.1 Å². The van der Waals surface area contributed by atoms with Crippen molar-refractivity contribution in [3.05, 3.63) is 88.9 Å². The second-order valence-electron chi connectivity index (χ2n) is 7.39. The average molecular weight is 431 g/mol. The van der Waals surface area contributed by atoms with Gasteiger partial charge in [-0.05, 0) is 64.7 Å². The molecule has 4 nitrogen and oxygen atoms in total. The molecule has 1 N–H and O–H groups in total. The second-order valence-corrected chi connectivity index (χ2v) is 7.82. The number of hydrazone groups is 1. The van der Waals surface area contributed by atoms with E-state index in [1.54, 1.807) is 12.3 Å². The summed E-state index contributed by atoms with van der Waals surface area (Å²) in [5, 5.41) is 9.39. The van der Waals surface area contributed by atoms with Crippen LogP contribution in [0.2, 0.25) is 5.02 Å². The summed E-state index contributed by atoms with van der Waals surface area (Å²) in [7, 11) is 0. The first-order valence-electron chi connectivity index (χ1n) is 10.2. The number of aryl methyl sites for hydroxylation is 1. The van der Waals surface area contributed by atoms with Crippen LogP contribution in [0.5, 0.6) is 5.75 Å². The number of nitrogens with one attached hydrogen (secondary N) is 1. The highest BCUT2D eigenvalue weighted by atomic mass is 35.5. The molecule has 0 spiro atoms. The van der Waals surface area contributed by atoms with Gasteiger partial charge in [-0.3, -0.25) is 4.79 Å². The molecule has 0 saturated heterocycles. The monoisotopic (exact) mass is 430 g/mol. The minimum absolute atomic E-state index is 0.141. The lowest BCUT2D eigenvalue weighted by atomic mass is 9.97. The van der Waals surface area contributed by atoms with Gasteiger partial charge in [-0.15, -0.1) is 0 Å². The highest BCUT2D eigenvalue weighted by Crippen LogP contribution is 2.27. The highest BCUT2D eigenvalue weighted by molar-refractivity contribution is 6.30. The van der Waals surface area contributed by atoms with Crippen LogP contribution in [0.4, 0.5) is 0 Å². The van der Waals surface area contributed by atoms with Gasteiger partial charge in [0.15, 0.2) is 0 Å². The molecular weight excluding hydrogens is 408 g/mol. The Balaban J connectivity index is 1.37. The van der Waals surface area contributed by atoms with E-state index in [4.69, 9.17) is 16.3 Å². The Morgan fingerprint density at radius 3 is 2.35 bits per heavy atom. The van der Waals surface area contributed by atoms with E-state index in [9.17, 15) is 4.79 Å². The minimum Gasteiger partial charge on any atom is -0.493 e. The van der Waals surface area contributed by atoms with Crippen LogP contribution in [0, 0.1) is 6.92 Å². The van der Waals surface area contributed by atoms with E-state index in [2.05, 4.69) is 40.9 Å². The molecule has 156 valence electrons. The summed E-state index contributed by atoms with van der Waals surface area (Å²) < 4.78 is 5.74. The largest absolute Gasteiger partial charge is 0.493 e. The van der Waals surface area contributed by atoms with Crippen molar-refractivity contribution < 1.29 is 9.53 Å². The van der Waals surface area contributed by atoms with Crippen LogP contribution in [0.3, 0.4) is 0 Å². The number of amides is 1. The third-order valence-corrected chi connectivity index (χ3v) is 5.37. The van der Waals surface area contributed by atoms with Crippen molar-refractivity contribution in [2.75, 3.05) is 6.61 Å². The zero-order valence-corrected chi connectivity index (χ0v) is 18.0. The molecule has 0 saturated carbocycles. The molecule has 0 bridgehead atoms. The lowest BCUT2D eigenvalue weighted by Crippen LogP contribution is -2.18. The third-order valence-electron chi connectivity index (χ3n) is 5.14. The fraction of sp³-hybridized carbons (Fsp3) is 0.154. The lowest BCUT2D eigenvalue weighted by molar-refractivity contribution is -0.121. The lowest BCUT2D eigenvalue weighted by Gasteiger charge is -2.09. The number of nitrogens with zero attached hydrogens (tertiary/aromatic N) is 1. The highest BCUT2D eigenvalue weighted by Gasteiger charge is 2.06. The van der Waals surface area contributed by atoms with Crippen LogP contribution in [0.25, 0.3) is 21.5 Å². The summed E-state index contributed by atoms with van der Waals surface area (Å²) >= 11 is 5.96. The van der Waals surface area contributed by atoms with Gasteiger partial charge in [0, 0.05) is 17.0 Å².